The summed E-state index contributed by atoms with van der Waals surface area (Å²) in [5, 5.41) is 5.67. The normalized spacial score (nSPS) is 11.3. The van der Waals surface area contributed by atoms with Crippen LogP contribution in [0.3, 0.4) is 0 Å². The highest BCUT2D eigenvalue weighted by Gasteiger charge is 2.44. The maximum atomic E-state index is 13.2. The Morgan fingerprint density at radius 1 is 0.914 bits per heavy atom. The number of hydrazone groups is 1. The van der Waals surface area contributed by atoms with Crippen LogP contribution in [-0.4, -0.2) is 30.6 Å². The standard InChI is InChI=1S/C24H19F4N3O4/c25-23(26)24(27,28)35-20-9-5-4-8-19(20)30-21(32)22(33)31-29-14-16-10-12-18(13-11-16)34-15-17-6-2-1-3-7-17/h1-14,23H,15H2,(H,30,32)(H,31,33)/b29-14-. The second-order valence-electron chi connectivity index (χ2n) is 6.96. The summed E-state index contributed by atoms with van der Waals surface area (Å²) in [5.74, 6) is -2.62. The summed E-state index contributed by atoms with van der Waals surface area (Å²) in [6.07, 6.45) is -7.60. The van der Waals surface area contributed by atoms with Gasteiger partial charge in [0.15, 0.2) is 0 Å². The Bertz CT molecular complexity index is 1170. The second kappa shape index (κ2) is 11.6. The minimum atomic E-state index is -4.78. The summed E-state index contributed by atoms with van der Waals surface area (Å²) in [6, 6.07) is 20.9. The molecule has 0 aliphatic carbocycles. The van der Waals surface area contributed by atoms with Crippen LogP contribution in [-0.2, 0) is 16.2 Å². The molecule has 3 rings (SSSR count). The molecule has 35 heavy (non-hydrogen) atoms. The number of para-hydroxylation sites is 2. The smallest absolute Gasteiger partial charge is 0.461 e. The monoisotopic (exact) mass is 489 g/mol. The number of carbonyl (C=O) groups is 2. The van der Waals surface area contributed by atoms with E-state index in [9.17, 15) is 27.2 Å². The Labute approximate surface area is 197 Å². The molecule has 0 aliphatic heterocycles. The first-order chi connectivity index (χ1) is 16.7. The molecule has 0 bridgehead atoms. The zero-order valence-electron chi connectivity index (χ0n) is 18.0. The van der Waals surface area contributed by atoms with Crippen LogP contribution >= 0.6 is 0 Å². The maximum Gasteiger partial charge on any atom is 0.461 e. The van der Waals surface area contributed by atoms with Crippen LogP contribution in [0, 0.1) is 0 Å². The fraction of sp³-hybridized carbons (Fsp3) is 0.125. The molecule has 0 aliphatic rings. The van der Waals surface area contributed by atoms with Crippen molar-refractivity contribution >= 4 is 23.7 Å². The van der Waals surface area contributed by atoms with E-state index in [1.54, 1.807) is 24.3 Å². The molecule has 0 heterocycles. The number of amides is 2. The molecule has 2 amide bonds. The number of halogens is 4. The molecule has 2 N–H and O–H groups in total. The summed E-state index contributed by atoms with van der Waals surface area (Å²) >= 11 is 0. The fourth-order valence-electron chi connectivity index (χ4n) is 2.64. The quantitative estimate of drug-likeness (QED) is 0.199. The van der Waals surface area contributed by atoms with Gasteiger partial charge < -0.3 is 14.8 Å². The van der Waals surface area contributed by atoms with Crippen molar-refractivity contribution in [3.05, 3.63) is 90.0 Å². The van der Waals surface area contributed by atoms with E-state index in [4.69, 9.17) is 4.74 Å². The van der Waals surface area contributed by atoms with Crippen molar-refractivity contribution in [3.63, 3.8) is 0 Å². The Morgan fingerprint density at radius 3 is 2.26 bits per heavy atom. The first-order valence-corrected chi connectivity index (χ1v) is 10.1. The highest BCUT2D eigenvalue weighted by atomic mass is 19.3. The van der Waals surface area contributed by atoms with Crippen molar-refractivity contribution in [2.75, 3.05) is 5.32 Å². The lowest BCUT2D eigenvalue weighted by Gasteiger charge is -2.19. The Morgan fingerprint density at radius 2 is 1.57 bits per heavy atom. The number of hydrogen-bond acceptors (Lipinski definition) is 5. The summed E-state index contributed by atoms with van der Waals surface area (Å²) in [4.78, 5) is 24.0. The predicted molar refractivity (Wildman–Crippen MR) is 120 cm³/mol. The summed E-state index contributed by atoms with van der Waals surface area (Å²) < 4.78 is 60.8. The lowest BCUT2D eigenvalue weighted by molar-refractivity contribution is -0.252. The van der Waals surface area contributed by atoms with E-state index in [0.717, 1.165) is 17.7 Å². The molecular formula is C24H19F4N3O4. The Hall–Kier alpha value is -4.41. The van der Waals surface area contributed by atoms with Crippen molar-refractivity contribution in [1.82, 2.24) is 5.43 Å². The molecule has 0 unspecified atom stereocenters. The average molecular weight is 489 g/mol. The third-order valence-corrected chi connectivity index (χ3v) is 4.35. The van der Waals surface area contributed by atoms with Gasteiger partial charge in [-0.1, -0.05) is 42.5 Å². The number of hydrogen-bond donors (Lipinski definition) is 2. The van der Waals surface area contributed by atoms with Gasteiger partial charge in [0.05, 0.1) is 11.9 Å². The van der Waals surface area contributed by atoms with Gasteiger partial charge in [-0.3, -0.25) is 9.59 Å². The largest absolute Gasteiger partial charge is 0.489 e. The van der Waals surface area contributed by atoms with E-state index in [0.29, 0.717) is 17.9 Å². The number of ether oxygens (including phenoxy) is 2. The van der Waals surface area contributed by atoms with E-state index in [2.05, 4.69) is 9.84 Å². The molecule has 0 saturated heterocycles. The zero-order chi connectivity index (χ0) is 25.3. The predicted octanol–water partition coefficient (Wildman–Crippen LogP) is 4.59. The SMILES string of the molecule is O=C(N/N=C\c1ccc(OCc2ccccc2)cc1)C(=O)Nc1ccccc1OC(F)(F)C(F)F. The van der Waals surface area contributed by atoms with Crippen LogP contribution in [0.1, 0.15) is 11.1 Å². The highest BCUT2D eigenvalue weighted by molar-refractivity contribution is 6.39. The minimum Gasteiger partial charge on any atom is -0.489 e. The summed E-state index contributed by atoms with van der Waals surface area (Å²) in [7, 11) is 0. The van der Waals surface area contributed by atoms with E-state index in [1.807, 2.05) is 41.1 Å². The van der Waals surface area contributed by atoms with E-state index >= 15 is 0 Å². The van der Waals surface area contributed by atoms with E-state index < -0.39 is 35.8 Å². The van der Waals surface area contributed by atoms with Crippen LogP contribution in [0.4, 0.5) is 23.2 Å². The van der Waals surface area contributed by atoms with Gasteiger partial charge in [-0.2, -0.15) is 22.7 Å². The molecule has 0 fully saturated rings. The van der Waals surface area contributed by atoms with E-state index in [1.165, 1.54) is 18.3 Å². The lowest BCUT2D eigenvalue weighted by atomic mass is 10.2. The summed E-state index contributed by atoms with van der Waals surface area (Å²) in [6.45, 7) is 0.396. The number of carbonyl (C=O) groups excluding carboxylic acids is 2. The molecule has 0 aromatic heterocycles. The van der Waals surface area contributed by atoms with E-state index in [-0.39, 0.29) is 0 Å². The van der Waals surface area contributed by atoms with Gasteiger partial charge in [0, 0.05) is 0 Å². The van der Waals surface area contributed by atoms with Crippen molar-refractivity contribution in [1.29, 1.82) is 0 Å². The van der Waals surface area contributed by atoms with Crippen LogP contribution in [0.25, 0.3) is 0 Å². The highest BCUT2D eigenvalue weighted by Crippen LogP contribution is 2.32. The topological polar surface area (TPSA) is 89.0 Å². The van der Waals surface area contributed by atoms with Crippen molar-refractivity contribution in [2.45, 2.75) is 19.1 Å². The summed E-state index contributed by atoms with van der Waals surface area (Å²) in [5.41, 5.74) is 3.18. The third kappa shape index (κ3) is 7.56. The van der Waals surface area contributed by atoms with Gasteiger partial charge in [-0.15, -0.1) is 0 Å². The second-order valence-corrected chi connectivity index (χ2v) is 6.96. The first-order valence-electron chi connectivity index (χ1n) is 10.1. The van der Waals surface area contributed by atoms with Crippen molar-refractivity contribution < 1.29 is 36.6 Å². The molecule has 0 atom stereocenters. The van der Waals surface area contributed by atoms with Crippen LogP contribution < -0.4 is 20.2 Å². The van der Waals surface area contributed by atoms with Crippen LogP contribution in [0.5, 0.6) is 11.5 Å². The van der Waals surface area contributed by atoms with Gasteiger partial charge in [0.1, 0.15) is 18.1 Å². The number of nitrogens with one attached hydrogen (secondary N) is 2. The molecule has 0 radical (unpaired) electrons. The van der Waals surface area contributed by atoms with Gasteiger partial charge in [0.2, 0.25) is 0 Å². The number of nitrogens with zero attached hydrogens (tertiary/aromatic N) is 1. The number of anilines is 1. The lowest BCUT2D eigenvalue weighted by Crippen LogP contribution is -2.35. The fourth-order valence-corrected chi connectivity index (χ4v) is 2.64. The molecule has 182 valence electrons. The molecule has 0 spiro atoms. The molecule has 3 aromatic rings. The Balaban J connectivity index is 1.51. The first kappa shape index (κ1) is 25.2. The molecule has 11 heteroatoms. The van der Waals surface area contributed by atoms with Gasteiger partial charge >= 0.3 is 24.3 Å². The number of benzene rings is 3. The third-order valence-electron chi connectivity index (χ3n) is 4.35. The maximum absolute atomic E-state index is 13.2. The van der Waals surface area contributed by atoms with Gasteiger partial charge in [-0.05, 0) is 47.5 Å². The Kier molecular flexibility index (Phi) is 8.38. The zero-order valence-corrected chi connectivity index (χ0v) is 18.0. The average Bonchev–Trinajstić information content (AvgIpc) is 2.85. The van der Waals surface area contributed by atoms with Gasteiger partial charge in [-0.25, -0.2) is 5.43 Å². The number of rotatable bonds is 9. The molecule has 3 aromatic carbocycles. The van der Waals surface area contributed by atoms with Crippen molar-refractivity contribution in [2.24, 2.45) is 5.10 Å². The minimum absolute atomic E-state index is 0.396. The number of alkyl halides is 4. The van der Waals surface area contributed by atoms with Crippen LogP contribution in [0.15, 0.2) is 84.0 Å². The molecule has 0 saturated carbocycles. The molecule has 7 nitrogen and oxygen atoms in total. The van der Waals surface area contributed by atoms with Gasteiger partial charge in [0.25, 0.3) is 0 Å². The molecular weight excluding hydrogens is 470 g/mol. The van der Waals surface area contributed by atoms with Crippen LogP contribution in [0.2, 0.25) is 0 Å². The van der Waals surface area contributed by atoms with Crippen molar-refractivity contribution in [3.8, 4) is 11.5 Å².